The number of carbonyl (C=O) groups is 1. The molecule has 0 saturated heterocycles. The van der Waals surface area contributed by atoms with E-state index in [-0.39, 0.29) is 11.6 Å². The number of pyridine rings is 1. The Morgan fingerprint density at radius 1 is 1.28 bits per heavy atom. The topological polar surface area (TPSA) is 89.9 Å². The van der Waals surface area contributed by atoms with Crippen LogP contribution in [0.25, 0.3) is 5.57 Å². The Bertz CT molecular complexity index is 924. The molecule has 0 aliphatic heterocycles. The average Bonchev–Trinajstić information content (AvgIpc) is 2.96. The van der Waals surface area contributed by atoms with E-state index in [1.54, 1.807) is 12.1 Å². The highest BCUT2D eigenvalue weighted by molar-refractivity contribution is 7.16. The highest BCUT2D eigenvalue weighted by atomic mass is 32.1. The molecule has 3 rings (SSSR count). The van der Waals surface area contributed by atoms with Gasteiger partial charge in [0.15, 0.2) is 10.9 Å². The maximum absolute atomic E-state index is 12.4. The molecule has 0 fully saturated rings. The van der Waals surface area contributed by atoms with Crippen molar-refractivity contribution in [3.63, 3.8) is 0 Å². The Morgan fingerprint density at radius 3 is 2.72 bits per heavy atom. The van der Waals surface area contributed by atoms with Gasteiger partial charge in [0.25, 0.3) is 5.91 Å². The predicted octanol–water partition coefficient (Wildman–Crippen LogP) is 3.71. The summed E-state index contributed by atoms with van der Waals surface area (Å²) in [6.07, 6.45) is 5.98. The van der Waals surface area contributed by atoms with Gasteiger partial charge in [-0.2, -0.15) is 0 Å². The van der Waals surface area contributed by atoms with Crippen molar-refractivity contribution in [1.29, 1.82) is 0 Å². The largest absolute Gasteiger partial charge is 0.454 e. The lowest BCUT2D eigenvalue weighted by atomic mass is 10.2. The molecule has 126 valence electrons. The fraction of sp³-hybridized carbons (Fsp3) is 0.118. The van der Waals surface area contributed by atoms with Crippen LogP contribution in [0.3, 0.4) is 0 Å². The van der Waals surface area contributed by atoms with E-state index in [0.717, 1.165) is 16.1 Å². The number of amides is 1. The number of hydrogen-bond donors (Lipinski definition) is 1. The summed E-state index contributed by atoms with van der Waals surface area (Å²) in [6, 6.07) is 3.19. The second kappa shape index (κ2) is 7.18. The lowest BCUT2D eigenvalue weighted by molar-refractivity contribution is 0.102. The zero-order valence-corrected chi connectivity index (χ0v) is 14.5. The maximum atomic E-state index is 12.4. The molecular formula is C17H15N5O2S. The molecule has 3 aromatic rings. The number of aryl methyl sites for hydroxylation is 1. The van der Waals surface area contributed by atoms with Gasteiger partial charge in [-0.15, -0.1) is 0 Å². The standard InChI is InChI=1S/C17H15N5O2S/c1-10(2)15-11(3)21-17(25-15)22-16(23)14-6-12(4-5-20-14)24-13-7-18-9-19-8-13/h4-9H,1H2,2-3H3,(H,21,22,23). The maximum Gasteiger partial charge on any atom is 0.276 e. The van der Waals surface area contributed by atoms with Crippen molar-refractivity contribution in [3.8, 4) is 11.5 Å². The molecular weight excluding hydrogens is 338 g/mol. The molecule has 0 atom stereocenters. The number of rotatable bonds is 5. The molecule has 0 spiro atoms. The van der Waals surface area contributed by atoms with Gasteiger partial charge in [0.05, 0.1) is 23.0 Å². The van der Waals surface area contributed by atoms with E-state index in [0.29, 0.717) is 16.6 Å². The third-order valence-electron chi connectivity index (χ3n) is 3.14. The average molecular weight is 353 g/mol. The molecule has 1 N–H and O–H groups in total. The second-order valence-electron chi connectivity index (χ2n) is 5.22. The quantitative estimate of drug-likeness (QED) is 0.752. The van der Waals surface area contributed by atoms with Crippen LogP contribution in [0.1, 0.15) is 28.0 Å². The number of ether oxygens (including phenoxy) is 1. The van der Waals surface area contributed by atoms with Gasteiger partial charge in [0, 0.05) is 12.3 Å². The molecule has 0 unspecified atom stereocenters. The molecule has 8 heteroatoms. The number of nitrogens with one attached hydrogen (secondary N) is 1. The zero-order valence-electron chi connectivity index (χ0n) is 13.7. The molecule has 3 heterocycles. The summed E-state index contributed by atoms with van der Waals surface area (Å²) in [5.41, 5.74) is 1.97. The fourth-order valence-electron chi connectivity index (χ4n) is 2.08. The number of anilines is 1. The summed E-state index contributed by atoms with van der Waals surface area (Å²) in [4.78, 5) is 29.5. The first-order valence-electron chi connectivity index (χ1n) is 7.36. The Morgan fingerprint density at radius 2 is 2.04 bits per heavy atom. The molecule has 0 saturated carbocycles. The van der Waals surface area contributed by atoms with Crippen LogP contribution >= 0.6 is 11.3 Å². The van der Waals surface area contributed by atoms with Gasteiger partial charge < -0.3 is 4.74 Å². The highest BCUT2D eigenvalue weighted by Gasteiger charge is 2.14. The lowest BCUT2D eigenvalue weighted by Gasteiger charge is -2.06. The molecule has 0 aliphatic rings. The molecule has 3 aromatic heterocycles. The zero-order chi connectivity index (χ0) is 17.8. The van der Waals surface area contributed by atoms with Crippen LogP contribution in [-0.4, -0.2) is 25.8 Å². The summed E-state index contributed by atoms with van der Waals surface area (Å²) < 4.78 is 5.60. The molecule has 0 aromatic carbocycles. The minimum atomic E-state index is -0.364. The Hall–Kier alpha value is -3.13. The first-order valence-corrected chi connectivity index (χ1v) is 8.18. The summed E-state index contributed by atoms with van der Waals surface area (Å²) in [7, 11) is 0. The van der Waals surface area contributed by atoms with Crippen molar-refractivity contribution in [1.82, 2.24) is 19.9 Å². The van der Waals surface area contributed by atoms with Crippen LogP contribution in [0.2, 0.25) is 0 Å². The van der Waals surface area contributed by atoms with E-state index in [1.165, 1.54) is 36.3 Å². The summed E-state index contributed by atoms with van der Waals surface area (Å²) >= 11 is 1.38. The van der Waals surface area contributed by atoms with Crippen molar-refractivity contribution in [2.45, 2.75) is 13.8 Å². The first-order chi connectivity index (χ1) is 12.0. The number of nitrogens with zero attached hydrogens (tertiary/aromatic N) is 4. The van der Waals surface area contributed by atoms with E-state index in [9.17, 15) is 4.79 Å². The van der Waals surface area contributed by atoms with Crippen molar-refractivity contribution in [2.75, 3.05) is 5.32 Å². The van der Waals surface area contributed by atoms with Gasteiger partial charge in [-0.05, 0) is 25.5 Å². The van der Waals surface area contributed by atoms with Gasteiger partial charge in [0.1, 0.15) is 17.8 Å². The van der Waals surface area contributed by atoms with E-state index in [2.05, 4.69) is 31.8 Å². The number of hydrogen-bond acceptors (Lipinski definition) is 7. The fourth-order valence-corrected chi connectivity index (χ4v) is 2.97. The minimum absolute atomic E-state index is 0.221. The molecule has 1 amide bonds. The summed E-state index contributed by atoms with van der Waals surface area (Å²) in [5, 5.41) is 3.25. The molecule has 0 aliphatic carbocycles. The molecule has 0 bridgehead atoms. The Balaban J connectivity index is 1.75. The van der Waals surface area contributed by atoms with Gasteiger partial charge in [0.2, 0.25) is 0 Å². The van der Waals surface area contributed by atoms with Crippen molar-refractivity contribution >= 4 is 27.9 Å². The van der Waals surface area contributed by atoms with Crippen molar-refractivity contribution in [3.05, 3.63) is 59.9 Å². The SMILES string of the molecule is C=C(C)c1sc(NC(=O)c2cc(Oc3cncnc3)ccn2)nc1C. The predicted molar refractivity (Wildman–Crippen MR) is 95.9 cm³/mol. The Kier molecular flexibility index (Phi) is 4.80. The molecule has 25 heavy (non-hydrogen) atoms. The van der Waals surface area contributed by atoms with Gasteiger partial charge in [-0.1, -0.05) is 17.9 Å². The molecule has 0 radical (unpaired) electrons. The van der Waals surface area contributed by atoms with E-state index in [4.69, 9.17) is 4.74 Å². The number of allylic oxidation sites excluding steroid dienone is 1. The van der Waals surface area contributed by atoms with Gasteiger partial charge in [-0.25, -0.2) is 15.0 Å². The van der Waals surface area contributed by atoms with Gasteiger partial charge >= 0.3 is 0 Å². The lowest BCUT2D eigenvalue weighted by Crippen LogP contribution is -2.13. The molecule has 7 nitrogen and oxygen atoms in total. The monoisotopic (exact) mass is 353 g/mol. The van der Waals surface area contributed by atoms with Gasteiger partial charge in [-0.3, -0.25) is 15.1 Å². The van der Waals surface area contributed by atoms with E-state index < -0.39 is 0 Å². The number of carbonyl (C=O) groups excluding carboxylic acids is 1. The number of thiazole rings is 1. The third-order valence-corrected chi connectivity index (χ3v) is 4.38. The van der Waals surface area contributed by atoms with Crippen molar-refractivity contribution in [2.24, 2.45) is 0 Å². The van der Waals surface area contributed by atoms with Crippen LogP contribution in [0.4, 0.5) is 5.13 Å². The van der Waals surface area contributed by atoms with Crippen LogP contribution < -0.4 is 10.1 Å². The van der Waals surface area contributed by atoms with Crippen LogP contribution in [-0.2, 0) is 0 Å². The van der Waals surface area contributed by atoms with Crippen molar-refractivity contribution < 1.29 is 9.53 Å². The van der Waals surface area contributed by atoms with Crippen LogP contribution in [0, 0.1) is 6.92 Å². The summed E-state index contributed by atoms with van der Waals surface area (Å²) in [6.45, 7) is 7.69. The van der Waals surface area contributed by atoms with E-state index in [1.807, 2.05) is 13.8 Å². The third kappa shape index (κ3) is 4.04. The van der Waals surface area contributed by atoms with Crippen LogP contribution in [0.15, 0.2) is 43.6 Å². The first kappa shape index (κ1) is 16.7. The van der Waals surface area contributed by atoms with Crippen LogP contribution in [0.5, 0.6) is 11.5 Å². The highest BCUT2D eigenvalue weighted by Crippen LogP contribution is 2.28. The Labute approximate surface area is 148 Å². The summed E-state index contributed by atoms with van der Waals surface area (Å²) in [5.74, 6) is 0.575. The van der Waals surface area contributed by atoms with E-state index >= 15 is 0 Å². The second-order valence-corrected chi connectivity index (χ2v) is 6.22. The normalized spacial score (nSPS) is 10.3. The minimum Gasteiger partial charge on any atom is -0.454 e. The number of aromatic nitrogens is 4. The smallest absolute Gasteiger partial charge is 0.276 e.